The second kappa shape index (κ2) is 5.60. The maximum absolute atomic E-state index is 12.1. The van der Waals surface area contributed by atoms with Gasteiger partial charge in [-0.05, 0) is 19.2 Å². The van der Waals surface area contributed by atoms with Crippen LogP contribution in [0.5, 0.6) is 0 Å². The number of rotatable bonds is 6. The quantitative estimate of drug-likeness (QED) is 0.823. The van der Waals surface area contributed by atoms with E-state index in [9.17, 15) is 8.42 Å². The molecule has 0 spiro atoms. The first-order valence-corrected chi connectivity index (χ1v) is 7.32. The first-order chi connectivity index (χ1) is 9.03. The van der Waals surface area contributed by atoms with Gasteiger partial charge in [-0.25, -0.2) is 13.1 Å². The lowest BCUT2D eigenvalue weighted by Gasteiger charge is -2.02. The molecule has 7 heteroatoms. The second-order valence-corrected chi connectivity index (χ2v) is 6.03. The fraction of sp³-hybridized carbons (Fsp3) is 0.333. The van der Waals surface area contributed by atoms with Crippen LogP contribution in [0.2, 0.25) is 0 Å². The van der Waals surface area contributed by atoms with E-state index in [4.69, 9.17) is 4.42 Å². The normalized spacial score (nSPS) is 11.9. The lowest BCUT2D eigenvalue weighted by molar-refractivity contribution is 0.561. The van der Waals surface area contributed by atoms with E-state index < -0.39 is 10.0 Å². The number of hydrogen-bond acceptors (Lipinski definition) is 4. The largest absolute Gasteiger partial charge is 0.472 e. The Kier molecular flexibility index (Phi) is 4.08. The van der Waals surface area contributed by atoms with Crippen LogP contribution >= 0.6 is 0 Å². The monoisotopic (exact) mass is 283 g/mol. The summed E-state index contributed by atoms with van der Waals surface area (Å²) in [6.45, 7) is 0.836. The molecule has 0 unspecified atom stereocenters. The molecule has 0 fully saturated rings. The van der Waals surface area contributed by atoms with Crippen LogP contribution in [0.25, 0.3) is 0 Å². The molecule has 0 amide bonds. The van der Waals surface area contributed by atoms with E-state index in [1.165, 1.54) is 12.5 Å². The van der Waals surface area contributed by atoms with Crippen LogP contribution in [-0.4, -0.2) is 20.0 Å². The van der Waals surface area contributed by atoms with Gasteiger partial charge in [0.2, 0.25) is 10.0 Å². The zero-order chi connectivity index (χ0) is 13.9. The third-order valence-corrected chi connectivity index (χ3v) is 4.17. The molecule has 2 rings (SSSR count). The second-order valence-electron chi connectivity index (χ2n) is 4.26. The van der Waals surface area contributed by atoms with Gasteiger partial charge in [0, 0.05) is 37.6 Å². The van der Waals surface area contributed by atoms with Crippen LogP contribution in [0.1, 0.15) is 11.3 Å². The molecule has 2 aromatic rings. The molecule has 2 aromatic heterocycles. The van der Waals surface area contributed by atoms with Crippen molar-refractivity contribution < 1.29 is 12.8 Å². The van der Waals surface area contributed by atoms with E-state index >= 15 is 0 Å². The Hall–Kier alpha value is -1.57. The van der Waals surface area contributed by atoms with E-state index in [0.29, 0.717) is 6.54 Å². The molecule has 2 heterocycles. The van der Waals surface area contributed by atoms with Crippen molar-refractivity contribution in [2.45, 2.75) is 18.0 Å². The third kappa shape index (κ3) is 3.25. The fourth-order valence-corrected chi connectivity index (χ4v) is 2.85. The number of nitrogens with zero attached hydrogens (tertiary/aromatic N) is 1. The Morgan fingerprint density at radius 2 is 2.16 bits per heavy atom. The van der Waals surface area contributed by atoms with E-state index in [2.05, 4.69) is 10.0 Å². The van der Waals surface area contributed by atoms with E-state index in [-0.39, 0.29) is 11.4 Å². The smallest absolute Gasteiger partial charge is 0.242 e. The van der Waals surface area contributed by atoms with E-state index in [0.717, 1.165) is 11.3 Å². The molecular weight excluding hydrogens is 266 g/mol. The summed E-state index contributed by atoms with van der Waals surface area (Å²) in [6.07, 6.45) is 4.63. The summed E-state index contributed by atoms with van der Waals surface area (Å²) < 4.78 is 33.5. The summed E-state index contributed by atoms with van der Waals surface area (Å²) in [5.74, 6) is 0. The van der Waals surface area contributed by atoms with Gasteiger partial charge < -0.3 is 14.3 Å². The van der Waals surface area contributed by atoms with Gasteiger partial charge in [0.25, 0.3) is 0 Å². The molecule has 0 aliphatic rings. The highest BCUT2D eigenvalue weighted by molar-refractivity contribution is 7.89. The van der Waals surface area contributed by atoms with Gasteiger partial charge in [-0.15, -0.1) is 0 Å². The summed E-state index contributed by atoms with van der Waals surface area (Å²) in [4.78, 5) is 0.267. The van der Waals surface area contributed by atoms with Crippen LogP contribution in [-0.2, 0) is 30.2 Å². The first-order valence-electron chi connectivity index (χ1n) is 5.83. The van der Waals surface area contributed by atoms with Gasteiger partial charge in [-0.1, -0.05) is 0 Å². The minimum absolute atomic E-state index is 0.217. The maximum atomic E-state index is 12.1. The molecule has 2 N–H and O–H groups in total. The van der Waals surface area contributed by atoms with Crippen molar-refractivity contribution in [3.8, 4) is 0 Å². The van der Waals surface area contributed by atoms with Gasteiger partial charge in [0.05, 0.1) is 17.4 Å². The molecule has 0 atom stereocenters. The minimum Gasteiger partial charge on any atom is -0.472 e. The van der Waals surface area contributed by atoms with E-state index in [1.807, 2.05) is 14.1 Å². The molecule has 0 saturated heterocycles. The number of nitrogens with one attached hydrogen (secondary N) is 2. The summed E-state index contributed by atoms with van der Waals surface area (Å²) >= 11 is 0. The molecule has 104 valence electrons. The molecular formula is C12H17N3O3S. The average Bonchev–Trinajstić information content (AvgIpc) is 2.98. The van der Waals surface area contributed by atoms with Crippen molar-refractivity contribution in [1.82, 2.24) is 14.6 Å². The molecule has 0 aliphatic carbocycles. The molecule has 6 nitrogen and oxygen atoms in total. The first kappa shape index (κ1) is 13.9. The maximum Gasteiger partial charge on any atom is 0.242 e. The van der Waals surface area contributed by atoms with Crippen LogP contribution in [0.4, 0.5) is 0 Å². The van der Waals surface area contributed by atoms with Crippen molar-refractivity contribution in [3.63, 3.8) is 0 Å². The Labute approximate surface area is 112 Å². The summed E-state index contributed by atoms with van der Waals surface area (Å²) in [5, 5.41) is 3.00. The van der Waals surface area contributed by atoms with Crippen LogP contribution < -0.4 is 10.0 Å². The van der Waals surface area contributed by atoms with Gasteiger partial charge in [0.1, 0.15) is 0 Å². The molecule has 0 radical (unpaired) electrons. The zero-order valence-corrected chi connectivity index (χ0v) is 11.7. The van der Waals surface area contributed by atoms with Crippen LogP contribution in [0.15, 0.2) is 40.2 Å². The Bertz CT molecular complexity index is 629. The molecule has 0 aromatic carbocycles. The fourth-order valence-electron chi connectivity index (χ4n) is 1.74. The topological polar surface area (TPSA) is 76.3 Å². The lowest BCUT2D eigenvalue weighted by Crippen LogP contribution is -2.22. The summed E-state index contributed by atoms with van der Waals surface area (Å²) in [6, 6.07) is 3.38. The van der Waals surface area contributed by atoms with Crippen molar-refractivity contribution in [2.24, 2.45) is 7.05 Å². The van der Waals surface area contributed by atoms with Gasteiger partial charge in [-0.2, -0.15) is 0 Å². The lowest BCUT2D eigenvalue weighted by atomic mass is 10.4. The Morgan fingerprint density at radius 3 is 2.79 bits per heavy atom. The molecule has 0 bridgehead atoms. The van der Waals surface area contributed by atoms with Crippen molar-refractivity contribution in [1.29, 1.82) is 0 Å². The van der Waals surface area contributed by atoms with Gasteiger partial charge in [0.15, 0.2) is 0 Å². The van der Waals surface area contributed by atoms with Gasteiger partial charge >= 0.3 is 0 Å². The highest BCUT2D eigenvalue weighted by Crippen LogP contribution is 2.14. The third-order valence-electron chi connectivity index (χ3n) is 2.80. The number of aryl methyl sites for hydroxylation is 1. The predicted molar refractivity (Wildman–Crippen MR) is 70.9 cm³/mol. The highest BCUT2D eigenvalue weighted by Gasteiger charge is 2.17. The van der Waals surface area contributed by atoms with Crippen LogP contribution in [0.3, 0.4) is 0 Å². The summed E-state index contributed by atoms with van der Waals surface area (Å²) in [5.41, 5.74) is 1.70. The Balaban J connectivity index is 2.12. The molecule has 19 heavy (non-hydrogen) atoms. The minimum atomic E-state index is -3.50. The molecule has 0 saturated carbocycles. The highest BCUT2D eigenvalue weighted by atomic mass is 32.2. The number of hydrogen-bond donors (Lipinski definition) is 2. The zero-order valence-electron chi connectivity index (χ0n) is 10.9. The number of aromatic nitrogens is 1. The van der Waals surface area contributed by atoms with Crippen molar-refractivity contribution in [3.05, 3.63) is 42.1 Å². The van der Waals surface area contributed by atoms with Crippen molar-refractivity contribution >= 4 is 10.0 Å². The Morgan fingerprint density at radius 1 is 1.37 bits per heavy atom. The number of sulfonamides is 1. The summed E-state index contributed by atoms with van der Waals surface area (Å²) in [7, 11) is 0.142. The average molecular weight is 283 g/mol. The van der Waals surface area contributed by atoms with E-state index in [1.54, 1.807) is 22.9 Å². The molecule has 0 aliphatic heterocycles. The predicted octanol–water partition coefficient (Wildman–Crippen LogP) is 0.816. The van der Waals surface area contributed by atoms with Gasteiger partial charge in [-0.3, -0.25) is 0 Å². The SMILES string of the molecule is CNCc1cc(S(=O)(=O)NCc2ccoc2)cn1C. The van der Waals surface area contributed by atoms with Crippen molar-refractivity contribution in [2.75, 3.05) is 7.05 Å². The van der Waals surface area contributed by atoms with Crippen LogP contribution in [0, 0.1) is 0 Å². The number of furan rings is 1. The standard InChI is InChI=1S/C12H17N3O3S/c1-13-7-11-5-12(8-15(11)2)19(16,17)14-6-10-3-4-18-9-10/h3-5,8-9,13-14H,6-7H2,1-2H3.